The van der Waals surface area contributed by atoms with Gasteiger partial charge in [0.05, 0.1) is 26.4 Å². The Morgan fingerprint density at radius 2 is 2.00 bits per heavy atom. The zero-order valence-electron chi connectivity index (χ0n) is 11.2. The Bertz CT molecular complexity index is 533. The van der Waals surface area contributed by atoms with Crippen LogP contribution in [0, 0.1) is 30.6 Å². The minimum atomic E-state index is -1.04. The van der Waals surface area contributed by atoms with Crippen LogP contribution in [0.2, 0.25) is 0 Å². The summed E-state index contributed by atoms with van der Waals surface area (Å²) in [6.07, 6.45) is 0. The minimum absolute atomic E-state index is 0.156. The summed E-state index contributed by atoms with van der Waals surface area (Å²) in [7, 11) is 1.62. The van der Waals surface area contributed by atoms with E-state index >= 15 is 0 Å². The highest BCUT2D eigenvalue weighted by Gasteiger charge is 2.46. The molecule has 0 spiro atoms. The summed E-state index contributed by atoms with van der Waals surface area (Å²) in [5, 5.41) is 11.8. The number of nitriles is 1. The minimum Gasteiger partial charge on any atom is -0.496 e. The number of hydrogen-bond acceptors (Lipinski definition) is 4. The molecular formula is C14H16N2O3. The Labute approximate surface area is 112 Å². The summed E-state index contributed by atoms with van der Waals surface area (Å²) >= 11 is 0. The van der Waals surface area contributed by atoms with Gasteiger partial charge in [0.25, 0.3) is 0 Å². The van der Waals surface area contributed by atoms with Gasteiger partial charge in [-0.25, -0.2) is 0 Å². The van der Waals surface area contributed by atoms with Gasteiger partial charge in [0, 0.05) is 5.69 Å². The number of hydrogen-bond donors (Lipinski definition) is 1. The number of amides is 1. The van der Waals surface area contributed by atoms with Crippen LogP contribution in [0.1, 0.15) is 11.1 Å². The molecule has 0 bridgehead atoms. The molecule has 1 aromatic carbocycles. The van der Waals surface area contributed by atoms with Crippen molar-refractivity contribution in [1.82, 2.24) is 0 Å². The van der Waals surface area contributed by atoms with Gasteiger partial charge in [-0.05, 0) is 37.1 Å². The topological polar surface area (TPSA) is 71.3 Å². The van der Waals surface area contributed by atoms with E-state index in [-0.39, 0.29) is 19.1 Å². The second-order valence-electron chi connectivity index (χ2n) is 4.78. The highest BCUT2D eigenvalue weighted by Crippen LogP contribution is 2.30. The van der Waals surface area contributed by atoms with Crippen LogP contribution in [-0.4, -0.2) is 26.2 Å². The molecule has 5 heteroatoms. The van der Waals surface area contributed by atoms with Crippen LogP contribution in [0.3, 0.4) is 0 Å². The summed E-state index contributed by atoms with van der Waals surface area (Å²) in [5.41, 5.74) is 1.51. The van der Waals surface area contributed by atoms with Gasteiger partial charge in [-0.3, -0.25) is 4.79 Å². The highest BCUT2D eigenvalue weighted by atomic mass is 16.5. The van der Waals surface area contributed by atoms with Crippen molar-refractivity contribution in [2.45, 2.75) is 13.8 Å². The van der Waals surface area contributed by atoms with Crippen LogP contribution in [0.5, 0.6) is 5.75 Å². The molecule has 1 aliphatic heterocycles. The Balaban J connectivity index is 2.21. The van der Waals surface area contributed by atoms with Crippen molar-refractivity contribution in [2.24, 2.45) is 5.41 Å². The van der Waals surface area contributed by atoms with Gasteiger partial charge in [-0.15, -0.1) is 0 Å². The van der Waals surface area contributed by atoms with Gasteiger partial charge in [-0.2, -0.15) is 5.26 Å². The number of methoxy groups -OCH3 is 1. The van der Waals surface area contributed by atoms with Gasteiger partial charge < -0.3 is 14.8 Å². The van der Waals surface area contributed by atoms with Crippen LogP contribution in [0.15, 0.2) is 12.1 Å². The predicted molar refractivity (Wildman–Crippen MR) is 70.0 cm³/mol. The van der Waals surface area contributed by atoms with Crippen molar-refractivity contribution in [3.05, 3.63) is 23.3 Å². The summed E-state index contributed by atoms with van der Waals surface area (Å²) < 4.78 is 10.2. The molecule has 100 valence electrons. The Kier molecular flexibility index (Phi) is 3.45. The van der Waals surface area contributed by atoms with Gasteiger partial charge >= 0.3 is 0 Å². The average molecular weight is 260 g/mol. The van der Waals surface area contributed by atoms with Crippen LogP contribution in [0.4, 0.5) is 5.69 Å². The SMILES string of the molecule is COc1c(C)cc(NC(=O)C2(C#N)COC2)cc1C. The maximum Gasteiger partial charge on any atom is 0.249 e. The fourth-order valence-electron chi connectivity index (χ4n) is 2.15. The first kappa shape index (κ1) is 13.4. The van der Waals surface area contributed by atoms with Crippen LogP contribution >= 0.6 is 0 Å². The Hall–Kier alpha value is -2.06. The molecule has 5 nitrogen and oxygen atoms in total. The number of aryl methyl sites for hydroxylation is 2. The van der Waals surface area contributed by atoms with E-state index < -0.39 is 5.41 Å². The molecule has 19 heavy (non-hydrogen) atoms. The highest BCUT2D eigenvalue weighted by molar-refractivity contribution is 5.98. The summed E-state index contributed by atoms with van der Waals surface area (Å²) in [6.45, 7) is 4.13. The lowest BCUT2D eigenvalue weighted by molar-refractivity contribution is -0.144. The molecule has 0 aliphatic carbocycles. The maximum absolute atomic E-state index is 12.1. The lowest BCUT2D eigenvalue weighted by Gasteiger charge is -2.33. The van der Waals surface area contributed by atoms with Gasteiger partial charge in [-0.1, -0.05) is 0 Å². The molecule has 0 radical (unpaired) electrons. The number of rotatable bonds is 3. The molecule has 2 rings (SSSR count). The van der Waals surface area contributed by atoms with Crippen molar-refractivity contribution in [3.63, 3.8) is 0 Å². The third-order valence-corrected chi connectivity index (χ3v) is 3.27. The van der Waals surface area contributed by atoms with E-state index in [0.29, 0.717) is 5.69 Å². The molecule has 1 heterocycles. The molecule has 0 aromatic heterocycles. The number of nitrogens with one attached hydrogen (secondary N) is 1. The first-order valence-electron chi connectivity index (χ1n) is 5.98. The molecule has 1 aliphatic rings. The smallest absolute Gasteiger partial charge is 0.249 e. The predicted octanol–water partition coefficient (Wildman–Crippen LogP) is 1.79. The Morgan fingerprint density at radius 3 is 2.37 bits per heavy atom. The normalized spacial score (nSPS) is 16.1. The second-order valence-corrected chi connectivity index (χ2v) is 4.78. The van der Waals surface area contributed by atoms with Gasteiger partial charge in [0.15, 0.2) is 5.41 Å². The molecule has 0 atom stereocenters. The first-order valence-corrected chi connectivity index (χ1v) is 5.98. The van der Waals surface area contributed by atoms with E-state index in [0.717, 1.165) is 16.9 Å². The first-order chi connectivity index (χ1) is 9.02. The van der Waals surface area contributed by atoms with Crippen LogP contribution < -0.4 is 10.1 Å². The van der Waals surface area contributed by atoms with Crippen LogP contribution in [0.25, 0.3) is 0 Å². The van der Waals surface area contributed by atoms with Crippen molar-refractivity contribution in [1.29, 1.82) is 5.26 Å². The second kappa shape index (κ2) is 4.90. The third-order valence-electron chi connectivity index (χ3n) is 3.27. The number of carbonyl (C=O) groups is 1. The van der Waals surface area contributed by atoms with Crippen molar-refractivity contribution in [3.8, 4) is 11.8 Å². The Morgan fingerprint density at radius 1 is 1.42 bits per heavy atom. The van der Waals surface area contributed by atoms with E-state index in [9.17, 15) is 4.79 Å². The van der Waals surface area contributed by atoms with E-state index in [1.807, 2.05) is 32.0 Å². The van der Waals surface area contributed by atoms with Gasteiger partial charge in [0.1, 0.15) is 5.75 Å². The lowest BCUT2D eigenvalue weighted by atomic mass is 9.86. The number of benzene rings is 1. The summed E-state index contributed by atoms with van der Waals surface area (Å²) in [6, 6.07) is 5.68. The monoisotopic (exact) mass is 260 g/mol. The molecule has 0 unspecified atom stereocenters. The van der Waals surface area contributed by atoms with Crippen molar-refractivity contribution >= 4 is 11.6 Å². The standard InChI is InChI=1S/C14H16N2O3/c1-9-4-11(5-10(2)12(9)18-3)16-13(17)14(6-15)7-19-8-14/h4-5H,7-8H2,1-3H3,(H,16,17). The van der Waals surface area contributed by atoms with Gasteiger partial charge in [0.2, 0.25) is 5.91 Å². The molecule has 1 amide bonds. The molecule has 0 saturated carbocycles. The fourth-order valence-corrected chi connectivity index (χ4v) is 2.15. The molecule has 1 saturated heterocycles. The van der Waals surface area contributed by atoms with E-state index in [2.05, 4.69) is 5.32 Å². The lowest BCUT2D eigenvalue weighted by Crippen LogP contribution is -2.50. The molecular weight excluding hydrogens is 244 g/mol. The van der Waals surface area contributed by atoms with E-state index in [1.165, 1.54) is 0 Å². The molecule has 1 N–H and O–H groups in total. The zero-order chi connectivity index (χ0) is 14.0. The van der Waals surface area contributed by atoms with Crippen molar-refractivity contribution in [2.75, 3.05) is 25.6 Å². The molecule has 1 fully saturated rings. The summed E-state index contributed by atoms with van der Waals surface area (Å²) in [5.74, 6) is 0.491. The average Bonchev–Trinajstić information content (AvgIpc) is 2.27. The quantitative estimate of drug-likeness (QED) is 0.899. The summed E-state index contributed by atoms with van der Waals surface area (Å²) in [4.78, 5) is 12.1. The maximum atomic E-state index is 12.1. The van der Waals surface area contributed by atoms with E-state index in [4.69, 9.17) is 14.7 Å². The number of ether oxygens (including phenoxy) is 2. The number of anilines is 1. The fraction of sp³-hybridized carbons (Fsp3) is 0.429. The zero-order valence-corrected chi connectivity index (χ0v) is 11.2. The third kappa shape index (κ3) is 2.27. The number of carbonyl (C=O) groups excluding carboxylic acids is 1. The van der Waals surface area contributed by atoms with E-state index in [1.54, 1.807) is 7.11 Å². The number of nitrogens with zero attached hydrogens (tertiary/aromatic N) is 1. The van der Waals surface area contributed by atoms with Crippen LogP contribution in [-0.2, 0) is 9.53 Å². The largest absolute Gasteiger partial charge is 0.496 e. The molecule has 1 aromatic rings. The van der Waals surface area contributed by atoms with Crippen molar-refractivity contribution < 1.29 is 14.3 Å².